The quantitative estimate of drug-likeness (QED) is 0.759. The first-order valence-electron chi connectivity index (χ1n) is 9.46. The minimum Gasteiger partial charge on any atom is -0.387 e. The van der Waals surface area contributed by atoms with E-state index in [1.54, 1.807) is 18.6 Å². The lowest BCUT2D eigenvalue weighted by Gasteiger charge is -2.34. The van der Waals surface area contributed by atoms with Gasteiger partial charge in [0.25, 0.3) is 5.91 Å². The van der Waals surface area contributed by atoms with Crippen molar-refractivity contribution < 1.29 is 9.90 Å². The second kappa shape index (κ2) is 8.27. The second-order valence-corrected chi connectivity index (χ2v) is 7.04. The largest absolute Gasteiger partial charge is 0.387 e. The Bertz CT molecular complexity index is 926. The van der Waals surface area contributed by atoms with Gasteiger partial charge in [0.15, 0.2) is 0 Å². The van der Waals surface area contributed by atoms with Crippen molar-refractivity contribution in [1.29, 1.82) is 0 Å². The minimum absolute atomic E-state index is 0.0180. The number of benzene rings is 1. The van der Waals surface area contributed by atoms with Crippen LogP contribution < -0.4 is 0 Å². The number of aromatic nitrogens is 3. The molecule has 1 aliphatic heterocycles. The molecule has 0 radical (unpaired) electrons. The molecule has 1 atom stereocenters. The molecule has 0 unspecified atom stereocenters. The Morgan fingerprint density at radius 1 is 1.04 bits per heavy atom. The summed E-state index contributed by atoms with van der Waals surface area (Å²) >= 11 is 0. The monoisotopic (exact) mass is 374 g/mol. The van der Waals surface area contributed by atoms with Gasteiger partial charge in [-0.1, -0.05) is 18.2 Å². The van der Waals surface area contributed by atoms with Crippen molar-refractivity contribution in [1.82, 2.24) is 19.9 Å². The molecule has 6 nitrogen and oxygen atoms in total. The van der Waals surface area contributed by atoms with E-state index in [4.69, 9.17) is 0 Å². The van der Waals surface area contributed by atoms with Crippen LogP contribution in [0.1, 0.15) is 35.0 Å². The number of piperidine rings is 1. The van der Waals surface area contributed by atoms with Crippen LogP contribution in [0.4, 0.5) is 0 Å². The molecule has 2 aromatic heterocycles. The molecule has 0 bridgehead atoms. The Balaban J connectivity index is 1.42. The van der Waals surface area contributed by atoms with Crippen molar-refractivity contribution >= 4 is 5.91 Å². The first kappa shape index (κ1) is 18.3. The number of aliphatic hydroxyl groups excluding tert-OH is 1. The van der Waals surface area contributed by atoms with Crippen LogP contribution in [0.3, 0.4) is 0 Å². The molecule has 3 heterocycles. The molecule has 142 valence electrons. The molecule has 0 aliphatic carbocycles. The van der Waals surface area contributed by atoms with E-state index in [0.29, 0.717) is 24.3 Å². The summed E-state index contributed by atoms with van der Waals surface area (Å²) < 4.78 is 0. The van der Waals surface area contributed by atoms with Crippen LogP contribution in [0.25, 0.3) is 11.1 Å². The predicted octanol–water partition coefficient (Wildman–Crippen LogP) is 3.12. The van der Waals surface area contributed by atoms with Gasteiger partial charge in [-0.3, -0.25) is 9.78 Å². The molecule has 1 aromatic carbocycles. The van der Waals surface area contributed by atoms with Gasteiger partial charge in [0, 0.05) is 42.8 Å². The molecule has 28 heavy (non-hydrogen) atoms. The van der Waals surface area contributed by atoms with Gasteiger partial charge in [-0.15, -0.1) is 0 Å². The van der Waals surface area contributed by atoms with Gasteiger partial charge in [0.1, 0.15) is 6.33 Å². The Morgan fingerprint density at radius 3 is 2.54 bits per heavy atom. The Kier molecular flexibility index (Phi) is 5.39. The van der Waals surface area contributed by atoms with E-state index >= 15 is 0 Å². The molecule has 4 rings (SSSR count). The molecule has 3 aromatic rings. The normalized spacial score (nSPS) is 16.0. The maximum absolute atomic E-state index is 12.9. The first-order valence-corrected chi connectivity index (χ1v) is 9.46. The fraction of sp³-hybridized carbons (Fsp3) is 0.273. The molecule has 1 amide bonds. The second-order valence-electron chi connectivity index (χ2n) is 7.04. The van der Waals surface area contributed by atoms with Crippen LogP contribution in [-0.4, -0.2) is 44.0 Å². The summed E-state index contributed by atoms with van der Waals surface area (Å²) in [6, 6.07) is 13.1. The summed E-state index contributed by atoms with van der Waals surface area (Å²) in [4.78, 5) is 27.1. The third kappa shape index (κ3) is 3.92. The van der Waals surface area contributed by atoms with E-state index in [-0.39, 0.29) is 11.8 Å². The number of aliphatic hydroxyl groups is 1. The highest BCUT2D eigenvalue weighted by molar-refractivity contribution is 5.95. The molecule has 0 saturated carbocycles. The van der Waals surface area contributed by atoms with Crippen molar-refractivity contribution in [2.45, 2.75) is 18.9 Å². The van der Waals surface area contributed by atoms with Crippen LogP contribution in [0.2, 0.25) is 0 Å². The molecule has 1 N–H and O–H groups in total. The third-order valence-corrected chi connectivity index (χ3v) is 5.27. The summed E-state index contributed by atoms with van der Waals surface area (Å²) in [5.41, 5.74) is 3.16. The van der Waals surface area contributed by atoms with Gasteiger partial charge in [0.2, 0.25) is 0 Å². The highest BCUT2D eigenvalue weighted by atomic mass is 16.3. The fourth-order valence-corrected chi connectivity index (χ4v) is 3.67. The Morgan fingerprint density at radius 2 is 1.82 bits per heavy atom. The number of carbonyl (C=O) groups excluding carboxylic acids is 1. The summed E-state index contributed by atoms with van der Waals surface area (Å²) in [6.07, 6.45) is 7.59. The summed E-state index contributed by atoms with van der Waals surface area (Å²) in [7, 11) is 0. The SMILES string of the molecule is O=C(c1cccc(-c2cncnc2)c1)N1CCC([C@H](O)c2ccccn2)CC1. The summed E-state index contributed by atoms with van der Waals surface area (Å²) in [5.74, 6) is 0.135. The maximum Gasteiger partial charge on any atom is 0.253 e. The van der Waals surface area contributed by atoms with Crippen molar-refractivity contribution in [3.63, 3.8) is 0 Å². The van der Waals surface area contributed by atoms with Gasteiger partial charge in [0.05, 0.1) is 11.8 Å². The molecule has 1 aliphatic rings. The minimum atomic E-state index is -0.583. The van der Waals surface area contributed by atoms with E-state index in [9.17, 15) is 9.90 Å². The molecule has 0 spiro atoms. The molecule has 1 fully saturated rings. The van der Waals surface area contributed by atoms with E-state index < -0.39 is 6.10 Å². The van der Waals surface area contributed by atoms with Gasteiger partial charge >= 0.3 is 0 Å². The zero-order valence-electron chi connectivity index (χ0n) is 15.5. The number of hydrogen-bond donors (Lipinski definition) is 1. The molecular weight excluding hydrogens is 352 g/mol. The van der Waals surface area contributed by atoms with Crippen LogP contribution in [0, 0.1) is 5.92 Å². The number of nitrogens with zero attached hydrogens (tertiary/aromatic N) is 4. The van der Waals surface area contributed by atoms with Crippen LogP contribution >= 0.6 is 0 Å². The highest BCUT2D eigenvalue weighted by Gasteiger charge is 2.29. The number of likely N-dealkylation sites (tertiary alicyclic amines) is 1. The highest BCUT2D eigenvalue weighted by Crippen LogP contribution is 2.30. The Labute approximate surface area is 163 Å². The standard InChI is InChI=1S/C22H22N4O2/c27-21(20-6-1-2-9-25-20)16-7-10-26(11-8-16)22(28)18-5-3-4-17(12-18)19-13-23-15-24-14-19/h1-6,9,12-16,21,27H,7-8,10-11H2/t21-/m0/s1. The number of carbonyl (C=O) groups is 1. The third-order valence-electron chi connectivity index (χ3n) is 5.27. The van der Waals surface area contributed by atoms with Crippen molar-refractivity contribution in [2.24, 2.45) is 5.92 Å². The van der Waals surface area contributed by atoms with E-state index in [0.717, 1.165) is 24.0 Å². The van der Waals surface area contributed by atoms with E-state index in [2.05, 4.69) is 15.0 Å². The Hall–Kier alpha value is -3.12. The maximum atomic E-state index is 12.9. The van der Waals surface area contributed by atoms with Crippen LogP contribution in [0.5, 0.6) is 0 Å². The van der Waals surface area contributed by atoms with Crippen LogP contribution in [0.15, 0.2) is 67.4 Å². The lowest BCUT2D eigenvalue weighted by Crippen LogP contribution is -2.39. The number of amides is 1. The van der Waals surface area contributed by atoms with Crippen LogP contribution in [-0.2, 0) is 0 Å². The van der Waals surface area contributed by atoms with E-state index in [1.807, 2.05) is 47.4 Å². The summed E-state index contributed by atoms with van der Waals surface area (Å²) in [6.45, 7) is 1.26. The smallest absolute Gasteiger partial charge is 0.253 e. The van der Waals surface area contributed by atoms with Gasteiger partial charge in [-0.2, -0.15) is 0 Å². The topological polar surface area (TPSA) is 79.2 Å². The molecule has 6 heteroatoms. The van der Waals surface area contributed by atoms with Gasteiger partial charge in [-0.25, -0.2) is 9.97 Å². The van der Waals surface area contributed by atoms with Crippen molar-refractivity contribution in [2.75, 3.05) is 13.1 Å². The average molecular weight is 374 g/mol. The molecule has 1 saturated heterocycles. The van der Waals surface area contributed by atoms with Gasteiger partial charge < -0.3 is 10.0 Å². The number of hydrogen-bond acceptors (Lipinski definition) is 5. The van der Waals surface area contributed by atoms with Crippen molar-refractivity contribution in [3.05, 3.63) is 78.6 Å². The van der Waals surface area contributed by atoms with Gasteiger partial charge in [-0.05, 0) is 48.6 Å². The summed E-state index contributed by atoms with van der Waals surface area (Å²) in [5, 5.41) is 10.6. The predicted molar refractivity (Wildman–Crippen MR) is 105 cm³/mol. The number of pyridine rings is 1. The number of rotatable bonds is 4. The lowest BCUT2D eigenvalue weighted by atomic mass is 9.89. The molecular formula is C22H22N4O2. The van der Waals surface area contributed by atoms with Crippen molar-refractivity contribution in [3.8, 4) is 11.1 Å². The first-order chi connectivity index (χ1) is 13.7. The zero-order chi connectivity index (χ0) is 19.3. The lowest BCUT2D eigenvalue weighted by molar-refractivity contribution is 0.0447. The average Bonchev–Trinajstić information content (AvgIpc) is 2.79. The fourth-order valence-electron chi connectivity index (χ4n) is 3.67. The van der Waals surface area contributed by atoms with E-state index in [1.165, 1.54) is 6.33 Å². The zero-order valence-corrected chi connectivity index (χ0v) is 15.5.